The van der Waals surface area contributed by atoms with Crippen LogP contribution in [0.15, 0.2) is 42.6 Å². The Morgan fingerprint density at radius 3 is 2.92 bits per heavy atom. The lowest BCUT2D eigenvalue weighted by Crippen LogP contribution is -2.34. The largest absolute Gasteiger partial charge is 0.368 e. The van der Waals surface area contributed by atoms with Crippen LogP contribution < -0.4 is 4.90 Å². The van der Waals surface area contributed by atoms with Gasteiger partial charge in [0.05, 0.1) is 6.04 Å². The lowest BCUT2D eigenvalue weighted by atomic mass is 9.95. The van der Waals surface area contributed by atoms with E-state index in [4.69, 9.17) is 0 Å². The van der Waals surface area contributed by atoms with E-state index in [1.807, 2.05) is 12.1 Å². The van der Waals surface area contributed by atoms with Crippen LogP contribution in [-0.2, 0) is 0 Å². The maximum atomic E-state index is 13.6. The van der Waals surface area contributed by atoms with E-state index in [0.717, 1.165) is 31.4 Å². The normalized spacial score (nSPS) is 17.8. The smallest absolute Gasteiger partial charge is 0.358 e. The van der Waals surface area contributed by atoms with Crippen molar-refractivity contribution in [3.63, 3.8) is 0 Å². The van der Waals surface area contributed by atoms with Crippen molar-refractivity contribution in [2.45, 2.75) is 25.3 Å². The van der Waals surface area contributed by atoms with Gasteiger partial charge < -0.3 is 15.0 Å². The zero-order chi connectivity index (χ0) is 17.4. The fourth-order valence-corrected chi connectivity index (χ4v) is 3.40. The highest BCUT2D eigenvalue weighted by Gasteiger charge is 2.27. The quantitative estimate of drug-likeness (QED) is 0.538. The number of fused-ring (bicyclic) bond motifs is 1. The highest BCUT2D eigenvalue weighted by atomic mass is 19.1. The van der Waals surface area contributed by atoms with E-state index in [1.54, 1.807) is 18.2 Å². The minimum Gasteiger partial charge on any atom is -0.358 e. The van der Waals surface area contributed by atoms with Crippen molar-refractivity contribution in [3.8, 4) is 0 Å². The van der Waals surface area contributed by atoms with Crippen molar-refractivity contribution in [3.05, 3.63) is 64.1 Å². The number of aromatic nitrogens is 3. The van der Waals surface area contributed by atoms with Gasteiger partial charge in [0.25, 0.3) is 0 Å². The molecular formula is C17H16FN5O2. The number of imidazole rings is 1. The molecule has 1 atom stereocenters. The second-order valence-electron chi connectivity index (χ2n) is 6.10. The Morgan fingerprint density at radius 1 is 1.24 bits per heavy atom. The van der Waals surface area contributed by atoms with Gasteiger partial charge in [0, 0.05) is 12.6 Å². The summed E-state index contributed by atoms with van der Waals surface area (Å²) in [4.78, 5) is 16.7. The van der Waals surface area contributed by atoms with Gasteiger partial charge in [-0.15, -0.1) is 0 Å². The molecule has 1 saturated heterocycles. The monoisotopic (exact) mass is 341 g/mol. The number of nitrogens with zero attached hydrogens (tertiary/aromatic N) is 5. The van der Waals surface area contributed by atoms with Crippen molar-refractivity contribution < 1.29 is 9.31 Å². The van der Waals surface area contributed by atoms with Crippen LogP contribution in [0.4, 0.5) is 16.0 Å². The summed E-state index contributed by atoms with van der Waals surface area (Å²) in [5, 5.41) is 15.6. The predicted octanol–water partition coefficient (Wildman–Crippen LogP) is 3.51. The lowest BCUT2D eigenvalue weighted by Gasteiger charge is -2.36. The first-order valence-corrected chi connectivity index (χ1v) is 8.15. The van der Waals surface area contributed by atoms with E-state index in [9.17, 15) is 14.5 Å². The van der Waals surface area contributed by atoms with Crippen molar-refractivity contribution in [2.24, 2.45) is 0 Å². The summed E-state index contributed by atoms with van der Waals surface area (Å²) in [5.41, 5.74) is 1.32. The van der Waals surface area contributed by atoms with Crippen LogP contribution in [0, 0.1) is 15.9 Å². The molecule has 0 aliphatic carbocycles. The van der Waals surface area contributed by atoms with Crippen molar-refractivity contribution in [1.82, 2.24) is 14.6 Å². The van der Waals surface area contributed by atoms with Crippen LogP contribution in [0.2, 0.25) is 0 Å². The third-order valence-corrected chi connectivity index (χ3v) is 4.55. The first-order valence-electron chi connectivity index (χ1n) is 8.15. The number of piperidine rings is 1. The molecule has 1 aliphatic rings. The van der Waals surface area contributed by atoms with E-state index < -0.39 is 4.92 Å². The van der Waals surface area contributed by atoms with Gasteiger partial charge in [-0.05, 0) is 47.9 Å². The summed E-state index contributed by atoms with van der Waals surface area (Å²) in [7, 11) is 0. The lowest BCUT2D eigenvalue weighted by molar-refractivity contribution is -0.391. The SMILES string of the molecule is O=[N+]([O-])c1cnc2ccc(N3CCCCC3c3cccc(F)c3)nn12. The maximum Gasteiger partial charge on any atom is 0.368 e. The van der Waals surface area contributed by atoms with Crippen molar-refractivity contribution >= 4 is 17.3 Å². The number of benzene rings is 1. The van der Waals surface area contributed by atoms with E-state index in [1.165, 1.54) is 16.8 Å². The number of halogens is 1. The zero-order valence-electron chi connectivity index (χ0n) is 13.4. The van der Waals surface area contributed by atoms with E-state index in [-0.39, 0.29) is 17.7 Å². The minimum atomic E-state index is -0.503. The Morgan fingerprint density at radius 2 is 2.12 bits per heavy atom. The first-order chi connectivity index (χ1) is 12.1. The van der Waals surface area contributed by atoms with Crippen molar-refractivity contribution in [2.75, 3.05) is 11.4 Å². The van der Waals surface area contributed by atoms with Crippen molar-refractivity contribution in [1.29, 1.82) is 0 Å². The molecule has 8 heteroatoms. The molecule has 0 spiro atoms. The number of rotatable bonds is 3. The third kappa shape index (κ3) is 2.79. The fraction of sp³-hybridized carbons (Fsp3) is 0.294. The van der Waals surface area contributed by atoms with Gasteiger partial charge in [-0.25, -0.2) is 9.37 Å². The molecule has 25 heavy (non-hydrogen) atoms. The molecule has 1 unspecified atom stereocenters. The van der Waals surface area contributed by atoms with E-state index in [0.29, 0.717) is 11.5 Å². The van der Waals surface area contributed by atoms with Gasteiger partial charge >= 0.3 is 5.82 Å². The molecule has 0 bridgehead atoms. The highest BCUT2D eigenvalue weighted by molar-refractivity contribution is 5.50. The van der Waals surface area contributed by atoms with Crippen LogP contribution >= 0.6 is 0 Å². The predicted molar refractivity (Wildman–Crippen MR) is 90.0 cm³/mol. The summed E-state index contributed by atoms with van der Waals surface area (Å²) in [6, 6.07) is 10.1. The summed E-state index contributed by atoms with van der Waals surface area (Å²) < 4.78 is 14.9. The Kier molecular flexibility index (Phi) is 3.79. The molecule has 7 nitrogen and oxygen atoms in total. The van der Waals surface area contributed by atoms with Crippen LogP contribution in [0.25, 0.3) is 5.65 Å². The van der Waals surface area contributed by atoms with Gasteiger partial charge in [0.2, 0.25) is 5.65 Å². The summed E-state index contributed by atoms with van der Waals surface area (Å²) >= 11 is 0. The van der Waals surface area contributed by atoms with Gasteiger partial charge in [0.1, 0.15) is 12.0 Å². The molecule has 0 radical (unpaired) electrons. The molecule has 3 aromatic rings. The van der Waals surface area contributed by atoms with Gasteiger partial charge in [-0.2, -0.15) is 0 Å². The molecule has 1 fully saturated rings. The number of nitro groups is 1. The molecule has 0 N–H and O–H groups in total. The molecular weight excluding hydrogens is 325 g/mol. The minimum absolute atomic E-state index is 0.00280. The number of hydrogen-bond acceptors (Lipinski definition) is 5. The molecule has 3 heterocycles. The zero-order valence-corrected chi connectivity index (χ0v) is 13.4. The third-order valence-electron chi connectivity index (χ3n) is 4.55. The van der Waals surface area contributed by atoms with Crippen LogP contribution in [0.5, 0.6) is 0 Å². The maximum absolute atomic E-state index is 13.6. The Bertz CT molecular complexity index is 942. The number of hydrogen-bond donors (Lipinski definition) is 0. The average molecular weight is 341 g/mol. The molecule has 128 valence electrons. The molecule has 0 saturated carbocycles. The molecule has 0 amide bonds. The van der Waals surface area contributed by atoms with Crippen LogP contribution in [0.3, 0.4) is 0 Å². The molecule has 4 rings (SSSR count). The molecule has 2 aromatic heterocycles. The van der Waals surface area contributed by atoms with E-state index in [2.05, 4.69) is 15.0 Å². The van der Waals surface area contributed by atoms with Crippen LogP contribution in [-0.4, -0.2) is 26.1 Å². The highest BCUT2D eigenvalue weighted by Crippen LogP contribution is 2.34. The molecule has 1 aromatic carbocycles. The molecule has 1 aliphatic heterocycles. The Balaban J connectivity index is 1.76. The average Bonchev–Trinajstić information content (AvgIpc) is 3.05. The first kappa shape index (κ1) is 15.5. The second kappa shape index (κ2) is 6.12. The van der Waals surface area contributed by atoms with E-state index >= 15 is 0 Å². The fourth-order valence-electron chi connectivity index (χ4n) is 3.40. The topological polar surface area (TPSA) is 76.6 Å². The summed E-state index contributed by atoms with van der Waals surface area (Å²) in [5.74, 6) is 0.190. The summed E-state index contributed by atoms with van der Waals surface area (Å²) in [6.07, 6.45) is 4.13. The summed E-state index contributed by atoms with van der Waals surface area (Å²) in [6.45, 7) is 0.766. The Hall–Kier alpha value is -3.03. The van der Waals surface area contributed by atoms with Gasteiger partial charge in [-0.1, -0.05) is 21.7 Å². The van der Waals surface area contributed by atoms with Gasteiger partial charge in [-0.3, -0.25) is 0 Å². The Labute approximate surface area is 142 Å². The second-order valence-corrected chi connectivity index (χ2v) is 6.10. The standard InChI is InChI=1S/C17H16FN5O2/c18-13-5-3-4-12(10-13)14-6-1-2-9-21(14)16-8-7-15-19-11-17(23(24)25)22(15)20-16/h3-5,7-8,10-11,14H,1-2,6,9H2. The van der Waals surface area contributed by atoms with Gasteiger partial charge in [0.15, 0.2) is 5.82 Å². The van der Waals surface area contributed by atoms with Crippen LogP contribution in [0.1, 0.15) is 30.9 Å². The number of anilines is 1.